The lowest BCUT2D eigenvalue weighted by Gasteiger charge is -2.31. The summed E-state index contributed by atoms with van der Waals surface area (Å²) in [4.78, 5) is 7.52. The Kier molecular flexibility index (Phi) is 5.48. The number of hydrogen-bond donors (Lipinski definition) is 5. The number of H-pyrrole nitrogens is 1. The van der Waals surface area contributed by atoms with E-state index in [4.69, 9.17) is 29.6 Å². The van der Waals surface area contributed by atoms with Gasteiger partial charge in [-0.3, -0.25) is 5.21 Å². The molecule has 0 amide bonds. The fourth-order valence-corrected chi connectivity index (χ4v) is 1.55. The summed E-state index contributed by atoms with van der Waals surface area (Å²) in [6, 6.07) is 3.46. The zero-order valence-electron chi connectivity index (χ0n) is 7.69. The second-order valence-corrected chi connectivity index (χ2v) is 4.61. The third kappa shape index (κ3) is 3.31. The Balaban J connectivity index is 3.00. The maximum atomic E-state index is 8.50. The van der Waals surface area contributed by atoms with Crippen LogP contribution in [0.1, 0.15) is 0 Å². The van der Waals surface area contributed by atoms with E-state index in [-0.39, 0.29) is 8.64 Å². The van der Waals surface area contributed by atoms with Crippen LogP contribution in [0.3, 0.4) is 0 Å². The van der Waals surface area contributed by atoms with Gasteiger partial charge in [-0.2, -0.15) is 5.01 Å². The largest absolute Gasteiger partial charge is 0.347 e. The molecule has 0 radical (unpaired) electrons. The lowest BCUT2D eigenvalue weighted by Crippen LogP contribution is -2.48. The number of hydrazine groups is 1. The van der Waals surface area contributed by atoms with Crippen molar-refractivity contribution in [2.75, 3.05) is 5.01 Å². The number of thiocarbonyl (C=S) groups is 2. The van der Waals surface area contributed by atoms with E-state index in [9.17, 15) is 0 Å². The summed E-state index contributed by atoms with van der Waals surface area (Å²) in [5.74, 6) is 0.548. The van der Waals surface area contributed by atoms with Gasteiger partial charge in [0.2, 0.25) is 0 Å². The third-order valence-corrected chi connectivity index (χ3v) is 2.15. The van der Waals surface area contributed by atoms with Gasteiger partial charge in [0.05, 0.1) is 0 Å². The molecule has 0 fully saturated rings. The number of hydroxylamine groups is 1. The Hall–Kier alpha value is -0.360. The van der Waals surface area contributed by atoms with E-state index >= 15 is 0 Å². The molecule has 6 nitrogen and oxygen atoms in total. The SMILES string of the molecule is ONON(C(=S)S)N(C(=S)S)c1ccc[nH]1. The van der Waals surface area contributed by atoms with Gasteiger partial charge < -0.3 is 4.98 Å². The Morgan fingerprint density at radius 3 is 2.50 bits per heavy atom. The summed E-state index contributed by atoms with van der Waals surface area (Å²) in [5.41, 5.74) is 1.49. The van der Waals surface area contributed by atoms with E-state index in [1.807, 2.05) is 0 Å². The standard InChI is InChI=1S/C6H8N4O2S4/c11-8-12-10(6(15)16)9(5(13)14)4-2-1-3-7-4/h1-3,7-8,11H,(H,13,14)(H,15,16). The summed E-state index contributed by atoms with van der Waals surface area (Å²) in [6.45, 7) is 0. The number of rotatable bonds is 3. The maximum Gasteiger partial charge on any atom is 0.184 e. The minimum atomic E-state index is 0.0209. The van der Waals surface area contributed by atoms with Crippen molar-refractivity contribution in [3.8, 4) is 0 Å². The van der Waals surface area contributed by atoms with Gasteiger partial charge in [0.15, 0.2) is 8.64 Å². The van der Waals surface area contributed by atoms with Crippen molar-refractivity contribution in [2.45, 2.75) is 0 Å². The Morgan fingerprint density at radius 2 is 2.12 bits per heavy atom. The van der Waals surface area contributed by atoms with Crippen LogP contribution in [0.4, 0.5) is 5.82 Å². The Labute approximate surface area is 113 Å². The molecular formula is C6H8N4O2S4. The summed E-state index contributed by atoms with van der Waals surface area (Å²) in [6.07, 6.45) is 1.68. The molecule has 3 N–H and O–H groups in total. The van der Waals surface area contributed by atoms with Crippen LogP contribution in [-0.4, -0.2) is 24.0 Å². The predicted octanol–water partition coefficient (Wildman–Crippen LogP) is 1.29. The minimum Gasteiger partial charge on any atom is -0.347 e. The van der Waals surface area contributed by atoms with Gasteiger partial charge in [0.25, 0.3) is 0 Å². The van der Waals surface area contributed by atoms with Crippen LogP contribution in [0.5, 0.6) is 0 Å². The number of aromatic amines is 1. The van der Waals surface area contributed by atoms with Crippen LogP contribution in [0.15, 0.2) is 18.3 Å². The zero-order chi connectivity index (χ0) is 12.1. The molecule has 16 heavy (non-hydrogen) atoms. The second-order valence-electron chi connectivity index (χ2n) is 2.39. The first-order valence-corrected chi connectivity index (χ1v) is 5.54. The van der Waals surface area contributed by atoms with Gasteiger partial charge in [-0.15, -0.1) is 35.4 Å². The van der Waals surface area contributed by atoms with Crippen LogP contribution < -0.4 is 10.7 Å². The number of thiol groups is 2. The first kappa shape index (κ1) is 13.7. The average Bonchev–Trinajstić information content (AvgIpc) is 2.69. The topological polar surface area (TPSA) is 63.8 Å². The average molecular weight is 296 g/mol. The van der Waals surface area contributed by atoms with E-state index in [1.54, 1.807) is 18.3 Å². The number of aromatic nitrogens is 1. The molecule has 1 rings (SSSR count). The summed E-state index contributed by atoms with van der Waals surface area (Å²) in [5, 5.41) is 10.7. The van der Waals surface area contributed by atoms with Crippen molar-refractivity contribution in [1.29, 1.82) is 0 Å². The van der Waals surface area contributed by atoms with Crippen LogP contribution in [0, 0.1) is 0 Å². The fourth-order valence-electron chi connectivity index (χ4n) is 0.935. The number of nitrogens with zero attached hydrogens (tertiary/aromatic N) is 2. The Bertz CT molecular complexity index is 371. The molecule has 0 saturated carbocycles. The highest BCUT2D eigenvalue weighted by Crippen LogP contribution is 2.17. The van der Waals surface area contributed by atoms with Crippen molar-refractivity contribution in [3.63, 3.8) is 0 Å². The molecule has 0 saturated heterocycles. The van der Waals surface area contributed by atoms with Gasteiger partial charge in [-0.25, -0.2) is 0 Å². The molecule has 0 aliphatic heterocycles. The van der Waals surface area contributed by atoms with E-state index in [0.717, 1.165) is 5.17 Å². The summed E-state index contributed by atoms with van der Waals surface area (Å²) >= 11 is 17.7. The minimum absolute atomic E-state index is 0.0209. The molecule has 1 aromatic heterocycles. The van der Waals surface area contributed by atoms with Crippen LogP contribution in [0.25, 0.3) is 0 Å². The van der Waals surface area contributed by atoms with Crippen LogP contribution in [-0.2, 0) is 4.94 Å². The quantitative estimate of drug-likeness (QED) is 0.327. The summed E-state index contributed by atoms with van der Waals surface area (Å²) in [7, 11) is 0. The highest BCUT2D eigenvalue weighted by atomic mass is 32.1. The second kappa shape index (κ2) is 6.39. The molecule has 10 heteroatoms. The highest BCUT2D eigenvalue weighted by molar-refractivity contribution is 8.12. The normalized spacial score (nSPS) is 9.94. The van der Waals surface area contributed by atoms with Crippen LogP contribution in [0.2, 0.25) is 0 Å². The van der Waals surface area contributed by atoms with E-state index < -0.39 is 0 Å². The molecule has 1 heterocycles. The van der Waals surface area contributed by atoms with Gasteiger partial charge in [-0.05, 0) is 24.4 Å². The van der Waals surface area contributed by atoms with Gasteiger partial charge in [0, 0.05) is 6.20 Å². The molecule has 0 unspecified atom stereocenters. The van der Waals surface area contributed by atoms with E-state index in [0.29, 0.717) is 5.82 Å². The monoisotopic (exact) mass is 296 g/mol. The van der Waals surface area contributed by atoms with Crippen molar-refractivity contribution in [1.82, 2.24) is 15.8 Å². The highest BCUT2D eigenvalue weighted by Gasteiger charge is 2.22. The molecular weight excluding hydrogens is 288 g/mol. The predicted molar refractivity (Wildman–Crippen MR) is 74.3 cm³/mol. The Morgan fingerprint density at radius 1 is 1.44 bits per heavy atom. The fraction of sp³-hybridized carbons (Fsp3) is 0. The van der Waals surface area contributed by atoms with Crippen LogP contribution >= 0.6 is 49.7 Å². The number of nitrogens with one attached hydrogen (secondary N) is 2. The first-order valence-electron chi connectivity index (χ1n) is 3.83. The summed E-state index contributed by atoms with van der Waals surface area (Å²) < 4.78 is 0.168. The first-order chi connectivity index (χ1) is 7.57. The van der Waals surface area contributed by atoms with E-state index in [2.05, 4.69) is 35.2 Å². The third-order valence-electron chi connectivity index (χ3n) is 1.46. The van der Waals surface area contributed by atoms with Crippen molar-refractivity contribution in [3.05, 3.63) is 18.3 Å². The van der Waals surface area contributed by atoms with E-state index in [1.165, 1.54) is 10.7 Å². The molecule has 88 valence electrons. The van der Waals surface area contributed by atoms with Gasteiger partial charge >= 0.3 is 0 Å². The molecule has 0 aliphatic carbocycles. The lowest BCUT2D eigenvalue weighted by molar-refractivity contribution is -0.248. The smallest absolute Gasteiger partial charge is 0.184 e. The van der Waals surface area contributed by atoms with Crippen molar-refractivity contribution in [2.24, 2.45) is 0 Å². The molecule has 1 aromatic rings. The molecule has 0 spiro atoms. The number of anilines is 1. The molecule has 0 bridgehead atoms. The molecule has 0 atom stereocenters. The van der Waals surface area contributed by atoms with Crippen molar-refractivity contribution < 1.29 is 10.1 Å². The van der Waals surface area contributed by atoms with Gasteiger partial charge in [0.1, 0.15) is 5.82 Å². The molecule has 0 aliphatic rings. The number of hydrogen-bond acceptors (Lipinski definition) is 5. The lowest BCUT2D eigenvalue weighted by atomic mass is 10.6. The van der Waals surface area contributed by atoms with Gasteiger partial charge in [-0.1, -0.05) is 17.9 Å². The maximum absolute atomic E-state index is 8.50. The van der Waals surface area contributed by atoms with Crippen molar-refractivity contribution >= 4 is 64.2 Å². The zero-order valence-corrected chi connectivity index (χ0v) is 11.1. The molecule has 0 aromatic carbocycles.